The molecule has 0 aromatic heterocycles. The van der Waals surface area contributed by atoms with E-state index in [2.05, 4.69) is 10.6 Å². The van der Waals surface area contributed by atoms with E-state index in [1.165, 1.54) is 0 Å². The fourth-order valence-corrected chi connectivity index (χ4v) is 8.90. The molecule has 1 aliphatic heterocycles. The molecule has 0 radical (unpaired) electrons. The number of hydrogen-bond donors (Lipinski definition) is 5. The number of aliphatic hydroxyl groups is 3. The second-order valence-electron chi connectivity index (χ2n) is 17.1. The van der Waals surface area contributed by atoms with E-state index in [-0.39, 0.29) is 51.4 Å². The zero-order valence-corrected chi connectivity index (χ0v) is 38.6. The van der Waals surface area contributed by atoms with E-state index < -0.39 is 60.6 Å². The highest BCUT2D eigenvalue weighted by atomic mass is 32.1. The van der Waals surface area contributed by atoms with E-state index >= 15 is 0 Å². The van der Waals surface area contributed by atoms with E-state index in [0.29, 0.717) is 6.61 Å². The molecule has 1 heterocycles. The van der Waals surface area contributed by atoms with Crippen molar-refractivity contribution in [3.63, 3.8) is 0 Å². The number of aliphatic hydroxyl groups excluding tert-OH is 2. The number of benzene rings is 6. The molecule has 68 heavy (non-hydrogen) atoms. The van der Waals surface area contributed by atoms with Crippen LogP contribution in [0.15, 0.2) is 182 Å². The van der Waals surface area contributed by atoms with Crippen LogP contribution < -0.4 is 10.6 Å². The van der Waals surface area contributed by atoms with Gasteiger partial charge >= 0.3 is 0 Å². The molecule has 356 valence electrons. The summed E-state index contributed by atoms with van der Waals surface area (Å²) in [4.78, 5) is 0. The summed E-state index contributed by atoms with van der Waals surface area (Å²) in [6, 6.07) is 57.1. The average Bonchev–Trinajstić information content (AvgIpc) is 3.55. The Kier molecular flexibility index (Phi) is 17.9. The number of thiocarbonyl (C=S) groups is 1. The molecule has 2 fully saturated rings. The van der Waals surface area contributed by atoms with Gasteiger partial charge in [-0.3, -0.25) is 0 Å². The van der Waals surface area contributed by atoms with Gasteiger partial charge in [0.15, 0.2) is 11.3 Å². The van der Waals surface area contributed by atoms with Crippen molar-refractivity contribution >= 4 is 17.3 Å². The number of hydrogen-bond acceptors (Lipinski definition) is 11. The lowest BCUT2D eigenvalue weighted by atomic mass is 9.95. The van der Waals surface area contributed by atoms with Crippen LogP contribution >= 0.6 is 12.2 Å². The minimum atomic E-state index is -1.98. The molecule has 0 unspecified atom stereocenters. The number of nitrogens with one attached hydrogen (secondary N) is 2. The summed E-state index contributed by atoms with van der Waals surface area (Å²) in [5.41, 5.74) is 3.57. The van der Waals surface area contributed by atoms with Crippen LogP contribution in [0.4, 0.5) is 0 Å². The first-order chi connectivity index (χ1) is 33.3. The quantitative estimate of drug-likeness (QED) is 0.0456. The lowest BCUT2D eigenvalue weighted by Gasteiger charge is -2.46. The van der Waals surface area contributed by atoms with Gasteiger partial charge < -0.3 is 59.1 Å². The molecule has 6 aromatic rings. The second-order valence-corrected chi connectivity index (χ2v) is 17.6. The third-order valence-corrected chi connectivity index (χ3v) is 12.4. The maximum absolute atomic E-state index is 12.6. The molecular formula is C55H60N2O10S. The minimum Gasteiger partial charge on any atom is -0.388 e. The Morgan fingerprint density at radius 3 is 1.31 bits per heavy atom. The lowest BCUT2D eigenvalue weighted by molar-refractivity contribution is -0.275. The Bertz CT molecular complexity index is 2380. The van der Waals surface area contributed by atoms with Gasteiger partial charge in [-0.1, -0.05) is 182 Å². The van der Waals surface area contributed by atoms with E-state index in [0.717, 1.165) is 33.4 Å². The van der Waals surface area contributed by atoms with E-state index in [1.54, 1.807) is 0 Å². The summed E-state index contributed by atoms with van der Waals surface area (Å²) >= 11 is 6.03. The molecule has 10 atom stereocenters. The van der Waals surface area contributed by atoms with Crippen molar-refractivity contribution in [2.75, 3.05) is 13.2 Å². The Morgan fingerprint density at radius 2 is 0.853 bits per heavy atom. The third-order valence-electron chi connectivity index (χ3n) is 12.2. The summed E-state index contributed by atoms with van der Waals surface area (Å²) < 4.78 is 46.2. The van der Waals surface area contributed by atoms with Crippen molar-refractivity contribution in [1.29, 1.82) is 0 Å². The van der Waals surface area contributed by atoms with Crippen LogP contribution in [-0.2, 0) is 72.8 Å². The zero-order chi connectivity index (χ0) is 47.0. The van der Waals surface area contributed by atoms with Gasteiger partial charge in [0.05, 0.1) is 58.9 Å². The standard InChI is InChI=1S/C55H60N2O10S/c58-46-47(59)52(66-36-44-29-17-6-18-30-44)55(60,38-62-32-40-21-9-2-10-22-40)51(46)56-54(68)57-53-50(65-35-43-27-15-5-16-28-43)49(64-34-42-25-13-4-14-26-42)48(63-33-41-23-11-3-12-24-41)45(67-53)37-61-31-39-19-7-1-8-20-39/h1-30,45-53,58-60H,31-38H2,(H2,56,57,68)/t45-,46-,47-,48-,49+,50-,51-,52+,53-,55+/m1/s1. The van der Waals surface area contributed by atoms with Gasteiger partial charge in [-0.05, 0) is 45.6 Å². The smallest absolute Gasteiger partial charge is 0.168 e. The molecular weight excluding hydrogens is 881 g/mol. The van der Waals surface area contributed by atoms with Crippen LogP contribution in [0.5, 0.6) is 0 Å². The molecule has 5 N–H and O–H groups in total. The zero-order valence-electron chi connectivity index (χ0n) is 37.8. The average molecular weight is 941 g/mol. The molecule has 1 aliphatic carbocycles. The van der Waals surface area contributed by atoms with Crippen molar-refractivity contribution in [2.24, 2.45) is 0 Å². The molecule has 0 amide bonds. The number of ether oxygens (including phenoxy) is 7. The van der Waals surface area contributed by atoms with Crippen molar-refractivity contribution in [1.82, 2.24) is 10.6 Å². The Balaban J connectivity index is 1.08. The summed E-state index contributed by atoms with van der Waals surface area (Å²) in [5, 5.41) is 42.4. The predicted molar refractivity (Wildman–Crippen MR) is 261 cm³/mol. The molecule has 13 heteroatoms. The normalized spacial score (nSPS) is 25.7. The number of rotatable bonds is 22. The maximum atomic E-state index is 12.6. The van der Waals surface area contributed by atoms with Crippen molar-refractivity contribution < 1.29 is 48.5 Å². The molecule has 1 saturated heterocycles. The predicted octanol–water partition coefficient (Wildman–Crippen LogP) is 6.79. The van der Waals surface area contributed by atoms with Gasteiger partial charge in [-0.25, -0.2) is 0 Å². The topological polar surface area (TPSA) is 149 Å². The second kappa shape index (κ2) is 24.8. The van der Waals surface area contributed by atoms with Crippen molar-refractivity contribution in [2.45, 2.75) is 100 Å². The van der Waals surface area contributed by atoms with E-state index in [9.17, 15) is 15.3 Å². The summed E-state index contributed by atoms with van der Waals surface area (Å²) in [7, 11) is 0. The molecule has 8 rings (SSSR count). The fraction of sp³-hybridized carbons (Fsp3) is 0.327. The van der Waals surface area contributed by atoms with E-state index in [1.807, 2.05) is 182 Å². The monoisotopic (exact) mass is 940 g/mol. The van der Waals surface area contributed by atoms with Gasteiger partial charge in [-0.2, -0.15) is 0 Å². The molecule has 0 bridgehead atoms. The van der Waals surface area contributed by atoms with Gasteiger partial charge in [0.1, 0.15) is 48.3 Å². The largest absolute Gasteiger partial charge is 0.388 e. The van der Waals surface area contributed by atoms with Crippen LogP contribution in [0, 0.1) is 0 Å². The van der Waals surface area contributed by atoms with E-state index in [4.69, 9.17) is 45.4 Å². The summed E-state index contributed by atoms with van der Waals surface area (Å²) in [5.74, 6) is 0. The maximum Gasteiger partial charge on any atom is 0.168 e. The first-order valence-electron chi connectivity index (χ1n) is 23.0. The first-order valence-corrected chi connectivity index (χ1v) is 23.4. The highest BCUT2D eigenvalue weighted by Crippen LogP contribution is 2.36. The van der Waals surface area contributed by atoms with Crippen LogP contribution in [0.3, 0.4) is 0 Å². The minimum absolute atomic E-state index is 0.000767. The van der Waals surface area contributed by atoms with Crippen LogP contribution in [-0.4, -0.2) is 94.2 Å². The highest BCUT2D eigenvalue weighted by molar-refractivity contribution is 7.80. The molecule has 6 aromatic carbocycles. The van der Waals surface area contributed by atoms with Gasteiger partial charge in [0.2, 0.25) is 0 Å². The Morgan fingerprint density at radius 1 is 0.471 bits per heavy atom. The lowest BCUT2D eigenvalue weighted by Crippen LogP contribution is -2.67. The molecule has 1 saturated carbocycles. The molecule has 0 spiro atoms. The SMILES string of the molecule is O[C@@H]1[C@@H](O)[C@H](OCc2ccccc2)[C@](O)(COCc2ccccc2)[C@@H]1NC(=S)N[C@@H]1O[C@H](COCc2ccccc2)[C@@H](OCc2ccccc2)[C@H](OCc2ccccc2)[C@H]1OCc1ccccc1. The van der Waals surface area contributed by atoms with Gasteiger partial charge in [0, 0.05) is 0 Å². The third kappa shape index (κ3) is 13.2. The molecule has 12 nitrogen and oxygen atoms in total. The Labute approximate surface area is 403 Å². The van der Waals surface area contributed by atoms with Crippen LogP contribution in [0.25, 0.3) is 0 Å². The van der Waals surface area contributed by atoms with Crippen molar-refractivity contribution in [3.05, 3.63) is 215 Å². The van der Waals surface area contributed by atoms with Gasteiger partial charge in [0.25, 0.3) is 0 Å². The first kappa shape index (κ1) is 49.0. The van der Waals surface area contributed by atoms with Gasteiger partial charge in [-0.15, -0.1) is 0 Å². The highest BCUT2D eigenvalue weighted by Gasteiger charge is 2.61. The van der Waals surface area contributed by atoms with Crippen LogP contribution in [0.1, 0.15) is 33.4 Å². The van der Waals surface area contributed by atoms with Crippen LogP contribution in [0.2, 0.25) is 0 Å². The summed E-state index contributed by atoms with van der Waals surface area (Å²) in [6.45, 7) is 1.07. The summed E-state index contributed by atoms with van der Waals surface area (Å²) in [6.07, 6.45) is -8.31. The molecule has 2 aliphatic rings. The fourth-order valence-electron chi connectivity index (χ4n) is 8.65. The Hall–Kier alpha value is -5.39. The van der Waals surface area contributed by atoms with Crippen molar-refractivity contribution in [3.8, 4) is 0 Å².